The van der Waals surface area contributed by atoms with Crippen molar-refractivity contribution in [2.24, 2.45) is 0 Å². The molecule has 0 spiro atoms. The van der Waals surface area contributed by atoms with E-state index >= 15 is 0 Å². The molecule has 2 aromatic heterocycles. The van der Waals surface area contributed by atoms with E-state index in [2.05, 4.69) is 22.4 Å². The number of benzene rings is 1. The number of aromatic nitrogens is 2. The molecule has 28 heavy (non-hydrogen) atoms. The molecule has 0 radical (unpaired) electrons. The van der Waals surface area contributed by atoms with Gasteiger partial charge in [-0.3, -0.25) is 4.79 Å². The highest BCUT2D eigenvalue weighted by molar-refractivity contribution is 5.89. The van der Waals surface area contributed by atoms with Crippen LogP contribution in [-0.2, 0) is 23.2 Å². The predicted molar refractivity (Wildman–Crippen MR) is 104 cm³/mol. The molecule has 1 aromatic carbocycles. The maximum atomic E-state index is 13.1. The van der Waals surface area contributed by atoms with Crippen LogP contribution in [-0.4, -0.2) is 16.0 Å². The van der Waals surface area contributed by atoms with E-state index in [1.54, 1.807) is 0 Å². The van der Waals surface area contributed by atoms with Gasteiger partial charge in [-0.1, -0.05) is 43.1 Å². The normalized spacial score (nSPS) is 18.6. The Kier molecular flexibility index (Phi) is 4.22. The van der Waals surface area contributed by atoms with E-state index in [9.17, 15) is 4.79 Å². The van der Waals surface area contributed by atoms with Gasteiger partial charge in [0.05, 0.1) is 6.42 Å². The van der Waals surface area contributed by atoms with Gasteiger partial charge in [-0.25, -0.2) is 0 Å². The molecule has 2 fully saturated rings. The number of hydrogen-bond donors (Lipinski definition) is 1. The minimum absolute atomic E-state index is 0.0130. The van der Waals surface area contributed by atoms with Crippen LogP contribution in [0.3, 0.4) is 0 Å². The van der Waals surface area contributed by atoms with Gasteiger partial charge in [0.15, 0.2) is 5.82 Å². The molecule has 0 aliphatic heterocycles. The summed E-state index contributed by atoms with van der Waals surface area (Å²) in [5.41, 5.74) is 1.32. The molecule has 2 aliphatic rings. The zero-order chi connectivity index (χ0) is 19.1. The number of furan rings is 1. The number of rotatable bonds is 6. The number of amides is 1. The van der Waals surface area contributed by atoms with E-state index in [1.807, 2.05) is 24.3 Å². The smallest absolute Gasteiger partial charge is 0.229 e. The van der Waals surface area contributed by atoms with Gasteiger partial charge < -0.3 is 14.3 Å². The number of carbonyl (C=O) groups is 1. The standard InChI is InChI=1S/C22H25N3O3/c1-2-17-16(15-7-3-4-8-18(15)27-17)13-19(26)24-22(11-5-6-12-22)21-23-20(28-25-21)14-9-10-14/h3-4,7-8,14H,2,5-6,9-13H2,1H3,(H,24,26). The minimum atomic E-state index is -0.500. The maximum absolute atomic E-state index is 13.1. The zero-order valence-electron chi connectivity index (χ0n) is 16.2. The Morgan fingerprint density at radius 3 is 2.79 bits per heavy atom. The fraction of sp³-hybridized carbons (Fsp3) is 0.500. The maximum Gasteiger partial charge on any atom is 0.229 e. The molecule has 5 rings (SSSR count). The molecular weight excluding hydrogens is 354 g/mol. The summed E-state index contributed by atoms with van der Waals surface area (Å²) in [4.78, 5) is 17.7. The van der Waals surface area contributed by atoms with Crippen molar-refractivity contribution in [2.75, 3.05) is 0 Å². The van der Waals surface area contributed by atoms with Gasteiger partial charge in [-0.15, -0.1) is 0 Å². The molecule has 2 aliphatic carbocycles. The van der Waals surface area contributed by atoms with Gasteiger partial charge >= 0.3 is 0 Å². The van der Waals surface area contributed by atoms with E-state index in [4.69, 9.17) is 8.94 Å². The first kappa shape index (κ1) is 17.5. The van der Waals surface area contributed by atoms with Crippen LogP contribution in [0.4, 0.5) is 0 Å². The fourth-order valence-electron chi connectivity index (χ4n) is 4.41. The summed E-state index contributed by atoms with van der Waals surface area (Å²) in [7, 11) is 0. The monoisotopic (exact) mass is 379 g/mol. The highest BCUT2D eigenvalue weighted by Gasteiger charge is 2.42. The molecule has 6 nitrogen and oxygen atoms in total. The first-order chi connectivity index (χ1) is 13.7. The van der Waals surface area contributed by atoms with Crippen molar-refractivity contribution in [3.8, 4) is 0 Å². The summed E-state index contributed by atoms with van der Waals surface area (Å²) >= 11 is 0. The van der Waals surface area contributed by atoms with E-state index < -0.39 is 5.54 Å². The molecule has 1 amide bonds. The van der Waals surface area contributed by atoms with Gasteiger partial charge in [-0.05, 0) is 31.7 Å². The average molecular weight is 379 g/mol. The zero-order valence-corrected chi connectivity index (χ0v) is 16.2. The summed E-state index contributed by atoms with van der Waals surface area (Å²) in [6.07, 6.45) is 7.13. The first-order valence-electron chi connectivity index (χ1n) is 10.3. The molecular formula is C22H25N3O3. The number of hydrogen-bond acceptors (Lipinski definition) is 5. The van der Waals surface area contributed by atoms with E-state index in [0.717, 1.165) is 73.1 Å². The number of nitrogens with zero attached hydrogens (tertiary/aromatic N) is 2. The first-order valence-corrected chi connectivity index (χ1v) is 10.3. The lowest BCUT2D eigenvalue weighted by atomic mass is 9.95. The molecule has 1 N–H and O–H groups in total. The second kappa shape index (κ2) is 6.76. The summed E-state index contributed by atoms with van der Waals surface area (Å²) in [5.74, 6) is 2.66. The lowest BCUT2D eigenvalue weighted by Crippen LogP contribution is -2.45. The van der Waals surface area contributed by atoms with Crippen molar-refractivity contribution in [1.29, 1.82) is 0 Å². The van der Waals surface area contributed by atoms with Gasteiger partial charge in [0, 0.05) is 23.3 Å². The highest BCUT2D eigenvalue weighted by atomic mass is 16.5. The SMILES string of the molecule is CCc1oc2ccccc2c1CC(=O)NC1(c2noc(C3CC3)n2)CCCC1. The topological polar surface area (TPSA) is 81.2 Å². The molecule has 0 unspecified atom stereocenters. The van der Waals surface area contributed by atoms with Crippen molar-refractivity contribution in [1.82, 2.24) is 15.5 Å². The highest BCUT2D eigenvalue weighted by Crippen LogP contribution is 2.42. The van der Waals surface area contributed by atoms with Crippen molar-refractivity contribution in [2.45, 2.75) is 69.7 Å². The Bertz CT molecular complexity index is 1010. The van der Waals surface area contributed by atoms with Crippen molar-refractivity contribution in [3.63, 3.8) is 0 Å². The number of para-hydroxylation sites is 1. The second-order valence-corrected chi connectivity index (χ2v) is 8.10. The number of fused-ring (bicyclic) bond motifs is 1. The quantitative estimate of drug-likeness (QED) is 0.687. The predicted octanol–water partition coefficient (Wildman–Crippen LogP) is 4.38. The molecule has 146 valence electrons. The number of nitrogens with one attached hydrogen (secondary N) is 1. The fourth-order valence-corrected chi connectivity index (χ4v) is 4.41. The van der Waals surface area contributed by atoms with Gasteiger partial charge in [0.25, 0.3) is 0 Å². The lowest BCUT2D eigenvalue weighted by molar-refractivity contribution is -0.122. The van der Waals surface area contributed by atoms with Crippen LogP contribution in [0.5, 0.6) is 0 Å². The molecule has 0 saturated heterocycles. The van der Waals surface area contributed by atoms with E-state index in [-0.39, 0.29) is 5.91 Å². The number of aryl methyl sites for hydroxylation is 1. The second-order valence-electron chi connectivity index (χ2n) is 8.10. The average Bonchev–Trinajstić information content (AvgIpc) is 3.12. The third-order valence-electron chi connectivity index (χ3n) is 6.07. The van der Waals surface area contributed by atoms with Crippen molar-refractivity contribution < 1.29 is 13.7 Å². The summed E-state index contributed by atoms with van der Waals surface area (Å²) in [6.45, 7) is 2.05. The molecule has 3 aromatic rings. The van der Waals surface area contributed by atoms with Crippen LogP contribution in [0.2, 0.25) is 0 Å². The molecule has 6 heteroatoms. The lowest BCUT2D eigenvalue weighted by Gasteiger charge is -2.26. The minimum Gasteiger partial charge on any atom is -0.461 e. The summed E-state index contributed by atoms with van der Waals surface area (Å²) < 4.78 is 11.4. The Morgan fingerprint density at radius 2 is 2.04 bits per heavy atom. The molecule has 2 saturated carbocycles. The summed E-state index contributed by atoms with van der Waals surface area (Å²) in [6, 6.07) is 7.91. The van der Waals surface area contributed by atoms with Crippen LogP contribution >= 0.6 is 0 Å². The van der Waals surface area contributed by atoms with Crippen LogP contribution < -0.4 is 5.32 Å². The number of carbonyl (C=O) groups excluding carboxylic acids is 1. The van der Waals surface area contributed by atoms with Crippen LogP contribution in [0.25, 0.3) is 11.0 Å². The Balaban J connectivity index is 1.40. The third-order valence-corrected chi connectivity index (χ3v) is 6.07. The van der Waals surface area contributed by atoms with E-state index in [1.165, 1.54) is 0 Å². The molecule has 2 heterocycles. The molecule has 0 atom stereocenters. The Labute approximate surface area is 163 Å². The van der Waals surface area contributed by atoms with Gasteiger partial charge in [0.2, 0.25) is 11.8 Å². The van der Waals surface area contributed by atoms with Gasteiger partial charge in [0.1, 0.15) is 16.9 Å². The largest absolute Gasteiger partial charge is 0.461 e. The van der Waals surface area contributed by atoms with Crippen molar-refractivity contribution in [3.05, 3.63) is 47.3 Å². The van der Waals surface area contributed by atoms with Crippen molar-refractivity contribution >= 4 is 16.9 Å². The summed E-state index contributed by atoms with van der Waals surface area (Å²) in [5, 5.41) is 8.54. The van der Waals surface area contributed by atoms with Crippen LogP contribution in [0, 0.1) is 0 Å². The molecule has 0 bridgehead atoms. The Morgan fingerprint density at radius 1 is 1.25 bits per heavy atom. The Hall–Kier alpha value is -2.63. The van der Waals surface area contributed by atoms with Crippen LogP contribution in [0.1, 0.15) is 74.4 Å². The van der Waals surface area contributed by atoms with Gasteiger partial charge in [-0.2, -0.15) is 4.98 Å². The van der Waals surface area contributed by atoms with Crippen LogP contribution in [0.15, 0.2) is 33.2 Å². The third kappa shape index (κ3) is 3.01. The van der Waals surface area contributed by atoms with E-state index in [0.29, 0.717) is 18.2 Å².